The van der Waals surface area contributed by atoms with Gasteiger partial charge >= 0.3 is 0 Å². The Morgan fingerprint density at radius 1 is 1.27 bits per heavy atom. The summed E-state index contributed by atoms with van der Waals surface area (Å²) >= 11 is 0. The standard InChI is InChI=1S/C20H29NO/c1-16-6-5-11-20(2,3)19(16)10-9-17-7-4-8-18(14-17)15-21-12-13-22/h4,7-10,14,21-22H,5-6,11-13,15H2,1-3H3/b10-9+. The summed E-state index contributed by atoms with van der Waals surface area (Å²) in [6.45, 7) is 8.60. The van der Waals surface area contributed by atoms with Gasteiger partial charge in [-0.25, -0.2) is 0 Å². The molecule has 2 rings (SSSR count). The molecule has 2 nitrogen and oxygen atoms in total. The first kappa shape index (κ1) is 17.0. The van der Waals surface area contributed by atoms with Crippen LogP contribution in [0.15, 0.2) is 41.5 Å². The molecule has 0 saturated heterocycles. The predicted molar refractivity (Wildman–Crippen MR) is 94.6 cm³/mol. The highest BCUT2D eigenvalue weighted by Crippen LogP contribution is 2.40. The number of hydrogen-bond donors (Lipinski definition) is 2. The summed E-state index contributed by atoms with van der Waals surface area (Å²) in [5.74, 6) is 0. The molecule has 0 aromatic heterocycles. The maximum Gasteiger partial charge on any atom is 0.0556 e. The summed E-state index contributed by atoms with van der Waals surface area (Å²) in [4.78, 5) is 0. The lowest BCUT2D eigenvalue weighted by molar-refractivity contribution is 0.292. The van der Waals surface area contributed by atoms with Gasteiger partial charge in [0.1, 0.15) is 0 Å². The van der Waals surface area contributed by atoms with Crippen molar-refractivity contribution >= 4 is 6.08 Å². The van der Waals surface area contributed by atoms with Gasteiger partial charge in [0.2, 0.25) is 0 Å². The van der Waals surface area contributed by atoms with Crippen LogP contribution in [-0.2, 0) is 6.54 Å². The molecule has 1 aliphatic carbocycles. The maximum absolute atomic E-state index is 8.82. The Labute approximate surface area is 134 Å². The van der Waals surface area contributed by atoms with Gasteiger partial charge in [0.15, 0.2) is 0 Å². The molecule has 0 heterocycles. The lowest BCUT2D eigenvalue weighted by Gasteiger charge is -2.32. The fraction of sp³-hybridized carbons (Fsp3) is 0.500. The van der Waals surface area contributed by atoms with E-state index in [1.54, 1.807) is 0 Å². The molecule has 0 saturated carbocycles. The Hall–Kier alpha value is -1.38. The van der Waals surface area contributed by atoms with E-state index in [-0.39, 0.29) is 6.61 Å². The molecule has 2 heteroatoms. The highest BCUT2D eigenvalue weighted by Gasteiger charge is 2.26. The van der Waals surface area contributed by atoms with Gasteiger partial charge in [0.25, 0.3) is 0 Å². The van der Waals surface area contributed by atoms with Crippen LogP contribution in [0.3, 0.4) is 0 Å². The van der Waals surface area contributed by atoms with E-state index in [0.29, 0.717) is 12.0 Å². The first-order chi connectivity index (χ1) is 10.5. The van der Waals surface area contributed by atoms with E-state index in [1.165, 1.54) is 41.5 Å². The minimum absolute atomic E-state index is 0.183. The Morgan fingerprint density at radius 2 is 2.09 bits per heavy atom. The van der Waals surface area contributed by atoms with E-state index < -0.39 is 0 Å². The Balaban J connectivity index is 2.11. The molecule has 0 unspecified atom stereocenters. The van der Waals surface area contributed by atoms with Crippen LogP contribution in [-0.4, -0.2) is 18.3 Å². The minimum Gasteiger partial charge on any atom is -0.395 e. The van der Waals surface area contributed by atoms with E-state index >= 15 is 0 Å². The maximum atomic E-state index is 8.82. The predicted octanol–water partition coefficient (Wildman–Crippen LogP) is 4.31. The van der Waals surface area contributed by atoms with Crippen molar-refractivity contribution in [3.05, 3.63) is 52.6 Å². The first-order valence-corrected chi connectivity index (χ1v) is 8.32. The van der Waals surface area contributed by atoms with Gasteiger partial charge in [-0.2, -0.15) is 0 Å². The molecule has 0 radical (unpaired) electrons. The van der Waals surface area contributed by atoms with Gasteiger partial charge in [-0.1, -0.05) is 55.8 Å². The van der Waals surface area contributed by atoms with Gasteiger partial charge in [-0.15, -0.1) is 0 Å². The SMILES string of the molecule is CC1=C(/C=C/c2cccc(CNCCO)c2)C(C)(C)CCC1. The van der Waals surface area contributed by atoms with Crippen LogP contribution in [0.1, 0.15) is 51.2 Å². The quantitative estimate of drug-likeness (QED) is 0.767. The Bertz CT molecular complexity index is 555. The fourth-order valence-electron chi connectivity index (χ4n) is 3.31. The third-order valence-corrected chi connectivity index (χ3v) is 4.55. The molecule has 0 atom stereocenters. The van der Waals surface area contributed by atoms with Crippen LogP contribution in [0.5, 0.6) is 0 Å². The van der Waals surface area contributed by atoms with Gasteiger partial charge in [0.05, 0.1) is 6.61 Å². The van der Waals surface area contributed by atoms with Crippen molar-refractivity contribution in [3.8, 4) is 0 Å². The molecule has 22 heavy (non-hydrogen) atoms. The highest BCUT2D eigenvalue weighted by molar-refractivity contribution is 5.55. The van der Waals surface area contributed by atoms with Crippen molar-refractivity contribution in [2.24, 2.45) is 5.41 Å². The number of nitrogens with one attached hydrogen (secondary N) is 1. The van der Waals surface area contributed by atoms with Crippen LogP contribution >= 0.6 is 0 Å². The second kappa shape index (κ2) is 7.75. The van der Waals surface area contributed by atoms with Crippen LogP contribution in [0.25, 0.3) is 6.08 Å². The summed E-state index contributed by atoms with van der Waals surface area (Å²) in [5.41, 5.74) is 5.82. The van der Waals surface area contributed by atoms with Crippen molar-refractivity contribution in [1.82, 2.24) is 5.32 Å². The van der Waals surface area contributed by atoms with Crippen molar-refractivity contribution in [2.75, 3.05) is 13.2 Å². The zero-order chi connectivity index (χ0) is 16.0. The normalized spacial score (nSPS) is 18.2. The molecular formula is C20H29NO. The van der Waals surface area contributed by atoms with Crippen molar-refractivity contribution in [2.45, 2.75) is 46.6 Å². The average molecular weight is 299 g/mol. The Kier molecular flexibility index (Phi) is 5.98. The van der Waals surface area contributed by atoms with Crippen molar-refractivity contribution in [1.29, 1.82) is 0 Å². The van der Waals surface area contributed by atoms with E-state index in [4.69, 9.17) is 5.11 Å². The molecule has 2 N–H and O–H groups in total. The van der Waals surface area contributed by atoms with E-state index in [0.717, 1.165) is 6.54 Å². The lowest BCUT2D eigenvalue weighted by Crippen LogP contribution is -2.19. The molecule has 0 spiro atoms. The number of benzene rings is 1. The number of rotatable bonds is 6. The van der Waals surface area contributed by atoms with Crippen LogP contribution in [0.4, 0.5) is 0 Å². The van der Waals surface area contributed by atoms with E-state index in [2.05, 4.69) is 62.5 Å². The zero-order valence-corrected chi connectivity index (χ0v) is 14.2. The van der Waals surface area contributed by atoms with Gasteiger partial charge in [-0.05, 0) is 48.3 Å². The molecule has 1 aromatic rings. The summed E-state index contributed by atoms with van der Waals surface area (Å²) in [6.07, 6.45) is 8.36. The second-order valence-electron chi connectivity index (χ2n) is 6.91. The number of aliphatic hydroxyl groups is 1. The smallest absolute Gasteiger partial charge is 0.0556 e. The van der Waals surface area contributed by atoms with E-state index in [1.807, 2.05) is 0 Å². The third-order valence-electron chi connectivity index (χ3n) is 4.55. The summed E-state index contributed by atoms with van der Waals surface area (Å²) in [5, 5.41) is 12.0. The monoisotopic (exact) mass is 299 g/mol. The summed E-state index contributed by atoms with van der Waals surface area (Å²) in [7, 11) is 0. The molecule has 0 amide bonds. The number of hydrogen-bond acceptors (Lipinski definition) is 2. The zero-order valence-electron chi connectivity index (χ0n) is 14.2. The number of aliphatic hydroxyl groups excluding tert-OH is 1. The average Bonchev–Trinajstić information content (AvgIpc) is 2.47. The van der Waals surface area contributed by atoms with Crippen LogP contribution < -0.4 is 5.32 Å². The molecule has 0 fully saturated rings. The third kappa shape index (κ3) is 4.56. The molecule has 0 aliphatic heterocycles. The molecule has 1 aliphatic rings. The lowest BCUT2D eigenvalue weighted by atomic mass is 9.72. The van der Waals surface area contributed by atoms with Crippen molar-refractivity contribution < 1.29 is 5.11 Å². The van der Waals surface area contributed by atoms with Gasteiger partial charge in [-0.3, -0.25) is 0 Å². The topological polar surface area (TPSA) is 32.3 Å². The van der Waals surface area contributed by atoms with Crippen LogP contribution in [0.2, 0.25) is 0 Å². The highest BCUT2D eigenvalue weighted by atomic mass is 16.3. The van der Waals surface area contributed by atoms with Crippen LogP contribution in [0, 0.1) is 5.41 Å². The molecule has 1 aromatic carbocycles. The fourth-order valence-corrected chi connectivity index (χ4v) is 3.31. The largest absolute Gasteiger partial charge is 0.395 e. The van der Waals surface area contributed by atoms with Crippen molar-refractivity contribution in [3.63, 3.8) is 0 Å². The summed E-state index contributed by atoms with van der Waals surface area (Å²) < 4.78 is 0. The van der Waals surface area contributed by atoms with E-state index in [9.17, 15) is 0 Å². The van der Waals surface area contributed by atoms with Gasteiger partial charge < -0.3 is 10.4 Å². The first-order valence-electron chi connectivity index (χ1n) is 8.32. The minimum atomic E-state index is 0.183. The van der Waals surface area contributed by atoms with Gasteiger partial charge in [0, 0.05) is 13.1 Å². The second-order valence-corrected chi connectivity index (χ2v) is 6.91. The summed E-state index contributed by atoms with van der Waals surface area (Å²) in [6, 6.07) is 8.59. The molecule has 0 bridgehead atoms. The molecular weight excluding hydrogens is 270 g/mol. The Morgan fingerprint density at radius 3 is 2.82 bits per heavy atom. The number of allylic oxidation sites excluding steroid dienone is 3. The molecule has 120 valence electrons.